The Bertz CT molecular complexity index is 1870. The number of piperidine rings is 1. The normalized spacial score (nSPS) is 39.0. The van der Waals surface area contributed by atoms with Gasteiger partial charge in [-0.15, -0.1) is 0 Å². The number of cyclic esters (lactones) is 1. The van der Waals surface area contributed by atoms with Crippen molar-refractivity contribution in [3.05, 3.63) is 47.6 Å². The van der Waals surface area contributed by atoms with Crippen LogP contribution in [0.2, 0.25) is 0 Å². The van der Waals surface area contributed by atoms with E-state index in [0.29, 0.717) is 69.8 Å². The number of fused-ring (bicyclic) bond motifs is 3. The SMILES string of the molecule is COC1CC(C[C@@H](C)C2CC(=O)[C@H](C)/C=C(\C)[C@@H](OC(C)=O)[C@@H](OC)C(=O)C(C)C[C@H](C)/C=C/C=C/C=C(\C)[C@@H](OC)C[C@@H]3CCC(C)C(O)(O3)C(=O)C(=O)N3CCCCC3C(=O)O2)CC[C@H]1O. The molecule has 3 aliphatic heterocycles. The van der Waals surface area contributed by atoms with Crippen LogP contribution in [0.5, 0.6) is 0 Å². The number of nitrogens with zero attached hydrogens (tertiary/aromatic N) is 1. The Kier molecular flexibility index (Phi) is 22.0. The molecule has 0 aromatic carbocycles. The molecule has 1 amide bonds. The standard InChI is InChI=1S/C53H81NO14/c1-31-17-13-12-14-18-32(2)44(63-9)29-40-22-20-37(7)53(62,68-40)50(59)51(60)54-24-16-15-19-41(54)52(61)67-45(34(4)27-39-21-23-42(56)46(28-39)64-10)30-43(57)33(3)26-36(6)48(66-38(8)55)49(65-11)47(58)35(5)25-31/h12-14,17-18,26,31,33-35,37,39-42,44-46,48-49,56,62H,15-16,19-25,27-30H2,1-11H3/b14-12+,17-13+,32-18+,36-26+/t31-,33-,34-,35?,37?,39?,40+,41?,42-,44+,45?,46?,48-,49+,53?/m1/s1. The number of hydrogen-bond donors (Lipinski definition) is 2. The van der Waals surface area contributed by atoms with E-state index in [2.05, 4.69) is 0 Å². The molecule has 4 rings (SSSR count). The maximum atomic E-state index is 14.4. The number of carbonyl (C=O) groups excluding carboxylic acids is 6. The fraction of sp³-hybridized carbons (Fsp3) is 0.736. The molecule has 1 aliphatic carbocycles. The van der Waals surface area contributed by atoms with Gasteiger partial charge >= 0.3 is 11.9 Å². The molecule has 0 radical (unpaired) electrons. The molecule has 68 heavy (non-hydrogen) atoms. The Balaban J connectivity index is 1.75. The summed E-state index contributed by atoms with van der Waals surface area (Å²) in [5, 5.41) is 22.5. The number of ether oxygens (including phenoxy) is 6. The van der Waals surface area contributed by atoms with Gasteiger partial charge in [-0.3, -0.25) is 24.0 Å². The van der Waals surface area contributed by atoms with Crippen molar-refractivity contribution in [2.45, 2.75) is 187 Å². The van der Waals surface area contributed by atoms with Crippen LogP contribution in [0.4, 0.5) is 0 Å². The third-order valence-corrected chi connectivity index (χ3v) is 14.7. The smallest absolute Gasteiger partial charge is 0.329 e. The monoisotopic (exact) mass is 956 g/mol. The molecule has 7 unspecified atom stereocenters. The lowest BCUT2D eigenvalue weighted by Gasteiger charge is -2.42. The molecule has 4 aliphatic rings. The van der Waals surface area contributed by atoms with Crippen LogP contribution in [0.15, 0.2) is 47.6 Å². The molecular formula is C53H81NO14. The molecule has 2 N–H and O–H groups in total. The third kappa shape index (κ3) is 15.1. The summed E-state index contributed by atoms with van der Waals surface area (Å²) in [6, 6.07) is -1.16. The Labute approximate surface area is 404 Å². The van der Waals surface area contributed by atoms with Gasteiger partial charge in [-0.05, 0) is 107 Å². The van der Waals surface area contributed by atoms with Gasteiger partial charge in [0, 0.05) is 65.4 Å². The zero-order valence-electron chi connectivity index (χ0n) is 42.5. The second kappa shape index (κ2) is 26.4. The molecule has 0 aromatic rings. The second-order valence-electron chi connectivity index (χ2n) is 20.2. The first-order valence-corrected chi connectivity index (χ1v) is 24.8. The summed E-state index contributed by atoms with van der Waals surface area (Å²) in [6.45, 7) is 14.0. The number of hydrogen-bond acceptors (Lipinski definition) is 14. The number of rotatable bonds is 7. The van der Waals surface area contributed by atoms with Gasteiger partial charge in [-0.1, -0.05) is 71.1 Å². The molecule has 3 fully saturated rings. The van der Waals surface area contributed by atoms with Crippen molar-refractivity contribution >= 4 is 35.2 Å². The van der Waals surface area contributed by atoms with Crippen LogP contribution in [-0.4, -0.2) is 133 Å². The van der Waals surface area contributed by atoms with Crippen molar-refractivity contribution in [2.24, 2.45) is 35.5 Å². The van der Waals surface area contributed by atoms with E-state index >= 15 is 0 Å². The highest BCUT2D eigenvalue weighted by atomic mass is 16.6. The maximum absolute atomic E-state index is 14.4. The number of esters is 2. The van der Waals surface area contributed by atoms with Gasteiger partial charge in [0.1, 0.15) is 17.9 Å². The van der Waals surface area contributed by atoms with Crippen LogP contribution in [0.3, 0.4) is 0 Å². The minimum atomic E-state index is -2.44. The van der Waals surface area contributed by atoms with Crippen LogP contribution in [0, 0.1) is 35.5 Å². The number of Topliss-reactive ketones (excluding diaryl/α,β-unsaturated/α-hetero) is 3. The van der Waals surface area contributed by atoms with E-state index in [1.807, 2.05) is 58.1 Å². The summed E-state index contributed by atoms with van der Waals surface area (Å²) in [7, 11) is 4.52. The number of methoxy groups -OCH3 is 3. The minimum absolute atomic E-state index is 0.0131. The zero-order chi connectivity index (χ0) is 50.5. The summed E-state index contributed by atoms with van der Waals surface area (Å²) in [5.41, 5.74) is 1.31. The van der Waals surface area contributed by atoms with Gasteiger partial charge in [0.25, 0.3) is 11.7 Å². The molecule has 15 atom stereocenters. The Hall–Kier alpha value is -3.86. The van der Waals surface area contributed by atoms with Crippen LogP contribution in [0.1, 0.15) is 132 Å². The van der Waals surface area contributed by atoms with Crippen molar-refractivity contribution in [3.8, 4) is 0 Å². The number of carbonyl (C=O) groups is 6. The average Bonchev–Trinajstić information content (AvgIpc) is 3.30. The topological polar surface area (TPSA) is 202 Å². The molecule has 15 nitrogen and oxygen atoms in total. The lowest BCUT2D eigenvalue weighted by atomic mass is 9.78. The van der Waals surface area contributed by atoms with E-state index in [1.54, 1.807) is 41.1 Å². The van der Waals surface area contributed by atoms with Crippen molar-refractivity contribution in [2.75, 3.05) is 27.9 Å². The fourth-order valence-electron chi connectivity index (χ4n) is 10.4. The number of allylic oxidation sites excluding steroid dienone is 6. The quantitative estimate of drug-likeness (QED) is 0.154. The largest absolute Gasteiger partial charge is 0.460 e. The summed E-state index contributed by atoms with van der Waals surface area (Å²) >= 11 is 0. The van der Waals surface area contributed by atoms with Crippen molar-refractivity contribution in [3.63, 3.8) is 0 Å². The highest BCUT2D eigenvalue weighted by Crippen LogP contribution is 2.38. The molecule has 0 spiro atoms. The van der Waals surface area contributed by atoms with Crippen LogP contribution in [-0.2, 0) is 57.2 Å². The van der Waals surface area contributed by atoms with E-state index in [4.69, 9.17) is 28.4 Å². The molecule has 2 saturated heterocycles. The summed E-state index contributed by atoms with van der Waals surface area (Å²) < 4.78 is 35.3. The van der Waals surface area contributed by atoms with Gasteiger partial charge in [-0.25, -0.2) is 4.79 Å². The summed E-state index contributed by atoms with van der Waals surface area (Å²) in [4.78, 5) is 85.0. The van der Waals surface area contributed by atoms with Crippen molar-refractivity contribution in [1.82, 2.24) is 4.90 Å². The molecule has 0 aromatic heterocycles. The summed E-state index contributed by atoms with van der Waals surface area (Å²) in [5.74, 6) is -8.82. The Morgan fingerprint density at radius 2 is 1.59 bits per heavy atom. The molecule has 382 valence electrons. The maximum Gasteiger partial charge on any atom is 0.329 e. The van der Waals surface area contributed by atoms with Gasteiger partial charge in [-0.2, -0.15) is 0 Å². The van der Waals surface area contributed by atoms with Crippen LogP contribution < -0.4 is 0 Å². The number of ketones is 3. The van der Waals surface area contributed by atoms with E-state index in [9.17, 15) is 39.0 Å². The summed E-state index contributed by atoms with van der Waals surface area (Å²) in [6.07, 6.45) is 11.1. The van der Waals surface area contributed by atoms with E-state index in [-0.39, 0.29) is 54.8 Å². The van der Waals surface area contributed by atoms with E-state index in [1.165, 1.54) is 18.9 Å². The van der Waals surface area contributed by atoms with Crippen LogP contribution in [0.25, 0.3) is 0 Å². The van der Waals surface area contributed by atoms with E-state index in [0.717, 1.165) is 5.57 Å². The third-order valence-electron chi connectivity index (χ3n) is 14.7. The number of aliphatic hydroxyl groups excluding tert-OH is 1. The molecule has 3 heterocycles. The lowest BCUT2D eigenvalue weighted by Crippen LogP contribution is -2.61. The predicted octanol–water partition coefficient (Wildman–Crippen LogP) is 6.75. The van der Waals surface area contributed by atoms with Gasteiger partial charge in [0.2, 0.25) is 5.79 Å². The van der Waals surface area contributed by atoms with Gasteiger partial charge < -0.3 is 43.5 Å². The van der Waals surface area contributed by atoms with Gasteiger partial charge in [0.05, 0.1) is 24.4 Å². The molecule has 2 bridgehead atoms. The Morgan fingerprint density at radius 1 is 0.868 bits per heavy atom. The Morgan fingerprint density at radius 3 is 2.25 bits per heavy atom. The van der Waals surface area contributed by atoms with Crippen molar-refractivity contribution < 1.29 is 67.4 Å². The van der Waals surface area contributed by atoms with Crippen molar-refractivity contribution in [1.29, 1.82) is 0 Å². The zero-order valence-corrected chi connectivity index (χ0v) is 42.5. The first-order valence-electron chi connectivity index (χ1n) is 24.8. The molecule has 15 heteroatoms. The molecular weight excluding hydrogens is 875 g/mol. The highest BCUT2D eigenvalue weighted by molar-refractivity contribution is 6.39. The highest BCUT2D eigenvalue weighted by Gasteiger charge is 2.53. The molecule has 1 saturated carbocycles. The fourth-order valence-corrected chi connectivity index (χ4v) is 10.4. The van der Waals surface area contributed by atoms with E-state index < -0.39 is 89.8 Å². The first-order chi connectivity index (χ1) is 32.1. The number of aliphatic hydroxyl groups is 2. The predicted molar refractivity (Wildman–Crippen MR) is 255 cm³/mol. The second-order valence-corrected chi connectivity index (χ2v) is 20.2. The average molecular weight is 956 g/mol. The number of amides is 1. The van der Waals surface area contributed by atoms with Crippen LogP contribution >= 0.6 is 0 Å². The first kappa shape index (κ1) is 56.7. The minimum Gasteiger partial charge on any atom is -0.460 e. The van der Waals surface area contributed by atoms with Gasteiger partial charge in [0.15, 0.2) is 18.0 Å². The lowest BCUT2D eigenvalue weighted by molar-refractivity contribution is -0.265.